The summed E-state index contributed by atoms with van der Waals surface area (Å²) in [5.41, 5.74) is 1.27. The van der Waals surface area contributed by atoms with Crippen LogP contribution in [0.4, 0.5) is 30.7 Å². The summed E-state index contributed by atoms with van der Waals surface area (Å²) < 4.78 is 91.5. The number of rotatable bonds is 4. The summed E-state index contributed by atoms with van der Waals surface area (Å²) >= 11 is 0. The first-order valence-electron chi connectivity index (χ1n) is 6.28. The largest absolute Gasteiger partial charge is 0.460 e. The van der Waals surface area contributed by atoms with Crippen LogP contribution in [-0.2, 0) is 4.74 Å². The molecule has 2 nitrogen and oxygen atoms in total. The average molecular weight is 346 g/mol. The van der Waals surface area contributed by atoms with Crippen molar-refractivity contribution in [2.75, 3.05) is 6.61 Å². The molecule has 9 heteroatoms. The fourth-order valence-electron chi connectivity index (χ4n) is 2.03. The predicted octanol–water partition coefficient (Wildman–Crippen LogP) is 4.60. The summed E-state index contributed by atoms with van der Waals surface area (Å²) in [5, 5.41) is 0. The molecule has 0 amide bonds. The number of esters is 1. The Hall–Kier alpha value is -1.80. The van der Waals surface area contributed by atoms with E-state index < -0.39 is 30.6 Å². The molecule has 0 bridgehead atoms. The highest BCUT2D eigenvalue weighted by molar-refractivity contribution is 5.92. The highest BCUT2D eigenvalue weighted by Gasteiger charge is 2.73. The zero-order valence-electron chi connectivity index (χ0n) is 12.3. The second-order valence-electron chi connectivity index (χ2n) is 5.13. The molecule has 0 aliphatic carbocycles. The van der Waals surface area contributed by atoms with Crippen LogP contribution >= 0.6 is 0 Å². The molecule has 0 heterocycles. The normalized spacial score (nSPS) is 13.1. The SMILES string of the molecule is Cc1cc(C)c(C(=O)OCC(F)(F)C(F)(F)C(F)(F)F)c(C)c1. The number of carbonyl (C=O) groups is 1. The van der Waals surface area contributed by atoms with E-state index in [1.54, 1.807) is 6.92 Å². The van der Waals surface area contributed by atoms with Gasteiger partial charge in [-0.2, -0.15) is 30.7 Å². The van der Waals surface area contributed by atoms with Crippen LogP contribution in [0.15, 0.2) is 12.1 Å². The van der Waals surface area contributed by atoms with Gasteiger partial charge in [0.05, 0.1) is 5.56 Å². The Bertz CT molecular complexity index is 583. The molecule has 0 fully saturated rings. The Balaban J connectivity index is 2.97. The summed E-state index contributed by atoms with van der Waals surface area (Å²) in [6, 6.07) is 3.04. The lowest BCUT2D eigenvalue weighted by Crippen LogP contribution is -2.54. The first-order valence-corrected chi connectivity index (χ1v) is 6.28. The summed E-state index contributed by atoms with van der Waals surface area (Å²) in [6.45, 7) is 2.23. The second kappa shape index (κ2) is 6.01. The molecular formula is C14H13F7O2. The van der Waals surface area contributed by atoms with E-state index in [9.17, 15) is 35.5 Å². The molecule has 0 N–H and O–H groups in total. The van der Waals surface area contributed by atoms with Gasteiger partial charge in [-0.25, -0.2) is 4.79 Å². The van der Waals surface area contributed by atoms with Gasteiger partial charge in [0.25, 0.3) is 0 Å². The van der Waals surface area contributed by atoms with Gasteiger partial charge in [-0.1, -0.05) is 17.7 Å². The first kappa shape index (κ1) is 19.2. The van der Waals surface area contributed by atoms with Crippen molar-refractivity contribution in [2.45, 2.75) is 38.8 Å². The number of alkyl halides is 7. The zero-order valence-corrected chi connectivity index (χ0v) is 12.3. The Kier molecular flexibility index (Phi) is 5.03. The monoisotopic (exact) mass is 346 g/mol. The fourth-order valence-corrected chi connectivity index (χ4v) is 2.03. The van der Waals surface area contributed by atoms with Crippen molar-refractivity contribution in [1.29, 1.82) is 0 Å². The lowest BCUT2D eigenvalue weighted by Gasteiger charge is -2.27. The van der Waals surface area contributed by atoms with E-state index in [0.29, 0.717) is 11.1 Å². The molecule has 0 radical (unpaired) electrons. The van der Waals surface area contributed by atoms with Gasteiger partial charge in [0, 0.05) is 0 Å². The van der Waals surface area contributed by atoms with E-state index in [1.807, 2.05) is 0 Å². The molecule has 1 aromatic carbocycles. The maximum absolute atomic E-state index is 13.1. The Morgan fingerprint density at radius 3 is 1.78 bits per heavy atom. The highest BCUT2D eigenvalue weighted by Crippen LogP contribution is 2.46. The molecule has 0 saturated carbocycles. The molecule has 0 unspecified atom stereocenters. The van der Waals surface area contributed by atoms with Gasteiger partial charge in [-0.05, 0) is 31.9 Å². The van der Waals surface area contributed by atoms with Gasteiger partial charge in [0.15, 0.2) is 6.61 Å². The van der Waals surface area contributed by atoms with E-state index in [0.717, 1.165) is 5.56 Å². The van der Waals surface area contributed by atoms with Crippen LogP contribution in [0.25, 0.3) is 0 Å². The third kappa shape index (κ3) is 3.76. The summed E-state index contributed by atoms with van der Waals surface area (Å²) in [7, 11) is 0. The van der Waals surface area contributed by atoms with Crippen LogP contribution in [0.5, 0.6) is 0 Å². The van der Waals surface area contributed by atoms with Gasteiger partial charge < -0.3 is 4.74 Å². The van der Waals surface area contributed by atoms with Crippen LogP contribution in [-0.4, -0.2) is 30.6 Å². The van der Waals surface area contributed by atoms with Crippen molar-refractivity contribution in [3.05, 3.63) is 34.4 Å². The number of hydrogen-bond donors (Lipinski definition) is 0. The summed E-state index contributed by atoms with van der Waals surface area (Å²) in [6.07, 6.45) is -6.46. The number of aryl methyl sites for hydroxylation is 3. The van der Waals surface area contributed by atoms with Crippen LogP contribution < -0.4 is 0 Å². The van der Waals surface area contributed by atoms with Gasteiger partial charge in [0.1, 0.15) is 0 Å². The van der Waals surface area contributed by atoms with Gasteiger partial charge in [-0.3, -0.25) is 0 Å². The number of benzene rings is 1. The molecule has 1 aromatic rings. The van der Waals surface area contributed by atoms with Crippen molar-refractivity contribution >= 4 is 5.97 Å². The Morgan fingerprint density at radius 1 is 0.957 bits per heavy atom. The van der Waals surface area contributed by atoms with Crippen LogP contribution in [0, 0.1) is 20.8 Å². The average Bonchev–Trinajstić information content (AvgIpc) is 2.33. The third-order valence-electron chi connectivity index (χ3n) is 3.08. The predicted molar refractivity (Wildman–Crippen MR) is 66.9 cm³/mol. The van der Waals surface area contributed by atoms with Gasteiger partial charge in [-0.15, -0.1) is 0 Å². The minimum atomic E-state index is -6.46. The second-order valence-corrected chi connectivity index (χ2v) is 5.13. The zero-order chi connectivity index (χ0) is 18.2. The minimum Gasteiger partial charge on any atom is -0.455 e. The maximum atomic E-state index is 13.1. The summed E-state index contributed by atoms with van der Waals surface area (Å²) in [5.74, 6) is -13.3. The molecule has 1 rings (SSSR count). The molecule has 0 saturated heterocycles. The standard InChI is InChI=1S/C14H13F7O2/c1-7-4-8(2)10(9(3)5-7)11(22)23-6-12(15,16)13(17,18)14(19,20)21/h4-5H,6H2,1-3H3. The fraction of sp³-hybridized carbons (Fsp3) is 0.500. The first-order chi connectivity index (χ1) is 10.2. The van der Waals surface area contributed by atoms with Crippen molar-refractivity contribution in [1.82, 2.24) is 0 Å². The number of hydrogen-bond acceptors (Lipinski definition) is 2. The molecule has 0 aliphatic heterocycles. The molecule has 0 atom stereocenters. The highest BCUT2D eigenvalue weighted by atomic mass is 19.4. The van der Waals surface area contributed by atoms with Crippen molar-refractivity contribution in [2.24, 2.45) is 0 Å². The molecule has 0 spiro atoms. The van der Waals surface area contributed by atoms with Gasteiger partial charge >= 0.3 is 24.0 Å². The van der Waals surface area contributed by atoms with E-state index >= 15 is 0 Å². The van der Waals surface area contributed by atoms with Crippen molar-refractivity contribution in [3.8, 4) is 0 Å². The van der Waals surface area contributed by atoms with Crippen LogP contribution in [0.3, 0.4) is 0 Å². The topological polar surface area (TPSA) is 26.3 Å². The maximum Gasteiger partial charge on any atom is 0.460 e. The molecule has 0 aliphatic rings. The van der Waals surface area contributed by atoms with E-state index in [1.165, 1.54) is 26.0 Å². The van der Waals surface area contributed by atoms with Crippen molar-refractivity contribution < 1.29 is 40.3 Å². The quantitative estimate of drug-likeness (QED) is 0.588. The summed E-state index contributed by atoms with van der Waals surface area (Å²) in [4.78, 5) is 11.7. The number of ether oxygens (including phenoxy) is 1. The number of carbonyl (C=O) groups excluding carboxylic acids is 1. The molecule has 23 heavy (non-hydrogen) atoms. The smallest absolute Gasteiger partial charge is 0.455 e. The number of halogens is 7. The van der Waals surface area contributed by atoms with Crippen LogP contribution in [0.1, 0.15) is 27.0 Å². The molecule has 0 aromatic heterocycles. The van der Waals surface area contributed by atoms with E-state index in [2.05, 4.69) is 4.74 Å². The van der Waals surface area contributed by atoms with Gasteiger partial charge in [0.2, 0.25) is 0 Å². The lowest BCUT2D eigenvalue weighted by atomic mass is 10.00. The third-order valence-corrected chi connectivity index (χ3v) is 3.08. The Morgan fingerprint density at radius 2 is 1.39 bits per heavy atom. The minimum absolute atomic E-state index is 0.151. The van der Waals surface area contributed by atoms with E-state index in [-0.39, 0.29) is 5.56 Å². The Labute approximate surface area is 127 Å². The molecule has 130 valence electrons. The van der Waals surface area contributed by atoms with Crippen LogP contribution in [0.2, 0.25) is 0 Å². The lowest BCUT2D eigenvalue weighted by molar-refractivity contribution is -0.359. The van der Waals surface area contributed by atoms with Crippen molar-refractivity contribution in [3.63, 3.8) is 0 Å². The molecular weight excluding hydrogens is 333 g/mol. The van der Waals surface area contributed by atoms with E-state index in [4.69, 9.17) is 0 Å².